The first-order chi connectivity index (χ1) is 6.18. The predicted octanol–water partition coefficient (Wildman–Crippen LogP) is 1.36. The first kappa shape index (κ1) is 11.1. The van der Waals surface area contributed by atoms with Crippen molar-refractivity contribution in [2.24, 2.45) is 11.0 Å². The Balaban J connectivity index is 0.000000223. The average Bonchev–Trinajstić information content (AvgIpc) is 2.20. The number of nitrogens with zero attached hydrogens (tertiary/aromatic N) is 2. The highest BCUT2D eigenvalue weighted by atomic mass is 16.3. The molecule has 0 saturated carbocycles. The molecular weight excluding hydrogens is 170 g/mol. The van der Waals surface area contributed by atoms with Gasteiger partial charge in [0.1, 0.15) is 0 Å². The zero-order valence-corrected chi connectivity index (χ0v) is 7.25. The van der Waals surface area contributed by atoms with Gasteiger partial charge in [-0.3, -0.25) is 0 Å². The van der Waals surface area contributed by atoms with E-state index in [1.165, 1.54) is 7.05 Å². The summed E-state index contributed by atoms with van der Waals surface area (Å²) in [5.74, 6) is 0. The fourth-order valence-electron chi connectivity index (χ4n) is 0.425. The molecule has 0 aliphatic rings. The number of hydrogen-bond donors (Lipinski definition) is 1. The molecule has 0 aliphatic heterocycles. The molecule has 0 heterocycles. The van der Waals surface area contributed by atoms with E-state index in [9.17, 15) is 9.70 Å². The molecule has 1 aromatic carbocycles. The van der Waals surface area contributed by atoms with Crippen molar-refractivity contribution >= 4 is 6.03 Å². The second-order valence-corrected chi connectivity index (χ2v) is 2.10. The van der Waals surface area contributed by atoms with Gasteiger partial charge < -0.3 is 5.73 Å². The van der Waals surface area contributed by atoms with Crippen molar-refractivity contribution in [1.82, 2.24) is 5.01 Å². The van der Waals surface area contributed by atoms with Crippen molar-refractivity contribution in [1.29, 1.82) is 0 Å². The minimum absolute atomic E-state index is 0.500. The van der Waals surface area contributed by atoms with Crippen LogP contribution in [0.15, 0.2) is 41.7 Å². The maximum atomic E-state index is 9.78. The lowest BCUT2D eigenvalue weighted by Crippen LogP contribution is -2.26. The molecule has 0 saturated heterocycles. The first-order valence-electron chi connectivity index (χ1n) is 3.55. The molecule has 0 spiro atoms. The number of amides is 2. The van der Waals surface area contributed by atoms with E-state index in [-0.39, 0.29) is 0 Å². The molecule has 13 heavy (non-hydrogen) atoms. The van der Waals surface area contributed by atoms with Gasteiger partial charge in [0.2, 0.25) is 0 Å². The minimum Gasteiger partial charge on any atom is -0.350 e. The monoisotopic (exact) mass is 181 g/mol. The molecular formula is C8H11N3O2. The molecule has 5 nitrogen and oxygen atoms in total. The summed E-state index contributed by atoms with van der Waals surface area (Å²) in [4.78, 5) is 19.1. The Morgan fingerprint density at radius 1 is 1.15 bits per heavy atom. The Morgan fingerprint density at radius 2 is 1.46 bits per heavy atom. The normalized spacial score (nSPS) is 7.77. The first-order valence-corrected chi connectivity index (χ1v) is 3.55. The van der Waals surface area contributed by atoms with Crippen molar-refractivity contribution < 1.29 is 4.79 Å². The largest absolute Gasteiger partial charge is 0.350 e. The third-order valence-electron chi connectivity index (χ3n) is 1.11. The fraction of sp³-hybridized carbons (Fsp3) is 0.125. The van der Waals surface area contributed by atoms with Crippen molar-refractivity contribution in [2.75, 3.05) is 7.05 Å². The van der Waals surface area contributed by atoms with Crippen LogP contribution in [0.5, 0.6) is 0 Å². The number of nitrogens with two attached hydrogens (primary N) is 1. The van der Waals surface area contributed by atoms with Gasteiger partial charge in [0.25, 0.3) is 0 Å². The summed E-state index contributed by atoms with van der Waals surface area (Å²) < 4.78 is 0. The van der Waals surface area contributed by atoms with Crippen molar-refractivity contribution in [3.63, 3.8) is 0 Å². The van der Waals surface area contributed by atoms with Gasteiger partial charge in [-0.05, 0) is 0 Å². The number of urea groups is 1. The van der Waals surface area contributed by atoms with E-state index in [2.05, 4.69) is 11.0 Å². The Labute approximate surface area is 76.1 Å². The zero-order chi connectivity index (χ0) is 10.1. The summed E-state index contributed by atoms with van der Waals surface area (Å²) in [7, 11) is 1.18. The second kappa shape index (κ2) is 6.78. The van der Waals surface area contributed by atoms with Crippen LogP contribution in [0.25, 0.3) is 0 Å². The molecule has 1 rings (SSSR count). The number of nitroso groups, excluding NO2 is 1. The molecule has 2 N–H and O–H groups in total. The highest BCUT2D eigenvalue weighted by molar-refractivity contribution is 5.71. The van der Waals surface area contributed by atoms with E-state index in [4.69, 9.17) is 0 Å². The van der Waals surface area contributed by atoms with Gasteiger partial charge in [-0.2, -0.15) is 5.01 Å². The van der Waals surface area contributed by atoms with Crippen LogP contribution in [0.1, 0.15) is 0 Å². The van der Waals surface area contributed by atoms with Gasteiger partial charge in [-0.15, -0.1) is 4.91 Å². The molecule has 0 fully saturated rings. The van der Waals surface area contributed by atoms with Gasteiger partial charge in [0.15, 0.2) is 0 Å². The third kappa shape index (κ3) is 6.49. The highest BCUT2D eigenvalue weighted by Gasteiger charge is 1.97. The molecule has 0 radical (unpaired) electrons. The maximum absolute atomic E-state index is 9.78. The van der Waals surface area contributed by atoms with Crippen LogP contribution in [0.3, 0.4) is 0 Å². The molecule has 0 aliphatic carbocycles. The minimum atomic E-state index is -0.852. The summed E-state index contributed by atoms with van der Waals surface area (Å²) in [6.45, 7) is 0. The van der Waals surface area contributed by atoms with Crippen LogP contribution in [0.2, 0.25) is 0 Å². The summed E-state index contributed by atoms with van der Waals surface area (Å²) >= 11 is 0. The highest BCUT2D eigenvalue weighted by Crippen LogP contribution is 1.80. The second-order valence-electron chi connectivity index (χ2n) is 2.10. The molecule has 0 bridgehead atoms. The van der Waals surface area contributed by atoms with Crippen LogP contribution in [0, 0.1) is 4.91 Å². The predicted molar refractivity (Wildman–Crippen MR) is 49.6 cm³/mol. The van der Waals surface area contributed by atoms with Gasteiger partial charge in [0, 0.05) is 7.05 Å². The van der Waals surface area contributed by atoms with E-state index in [1.807, 2.05) is 36.4 Å². The quantitative estimate of drug-likeness (QED) is 0.524. The molecule has 1 aromatic rings. The van der Waals surface area contributed by atoms with E-state index < -0.39 is 6.03 Å². The number of rotatable bonds is 1. The number of primary amides is 1. The number of carbonyl (C=O) groups is 1. The van der Waals surface area contributed by atoms with Gasteiger partial charge in [0.05, 0.1) is 5.29 Å². The van der Waals surface area contributed by atoms with Gasteiger partial charge >= 0.3 is 6.03 Å². The lowest BCUT2D eigenvalue weighted by molar-refractivity contribution is 0.220. The smallest absolute Gasteiger partial charge is 0.337 e. The summed E-state index contributed by atoms with van der Waals surface area (Å²) in [5, 5.41) is 2.70. The molecule has 2 amide bonds. The van der Waals surface area contributed by atoms with Gasteiger partial charge in [-0.1, -0.05) is 36.4 Å². The SMILES string of the molecule is CN(N=O)C(N)=O.c1ccccc1. The zero-order valence-electron chi connectivity index (χ0n) is 7.25. The Morgan fingerprint density at radius 3 is 1.54 bits per heavy atom. The number of hydrogen-bond acceptors (Lipinski definition) is 3. The van der Waals surface area contributed by atoms with Crippen molar-refractivity contribution in [3.05, 3.63) is 41.3 Å². The van der Waals surface area contributed by atoms with E-state index in [0.717, 1.165) is 0 Å². The lowest BCUT2D eigenvalue weighted by atomic mass is 10.4. The Bertz CT molecular complexity index is 224. The van der Waals surface area contributed by atoms with Crippen molar-refractivity contribution in [3.8, 4) is 0 Å². The number of benzene rings is 1. The van der Waals surface area contributed by atoms with Crippen LogP contribution in [-0.2, 0) is 0 Å². The summed E-state index contributed by atoms with van der Waals surface area (Å²) in [5.41, 5.74) is 4.54. The van der Waals surface area contributed by atoms with Crippen molar-refractivity contribution in [2.45, 2.75) is 0 Å². The lowest BCUT2D eigenvalue weighted by Gasteiger charge is -1.97. The standard InChI is InChI=1S/C6H6.C2H5N3O2/c1-2-4-6-5-3-1;1-5(4-7)2(3)6/h1-6H;1H3,(H2,3,6). The van der Waals surface area contributed by atoms with E-state index >= 15 is 0 Å². The Hall–Kier alpha value is -1.91. The topological polar surface area (TPSA) is 75.8 Å². The number of carbonyl (C=O) groups excluding carboxylic acids is 1. The molecule has 0 atom stereocenters. The van der Waals surface area contributed by atoms with Crippen LogP contribution in [-0.4, -0.2) is 18.1 Å². The van der Waals surface area contributed by atoms with E-state index in [0.29, 0.717) is 5.01 Å². The van der Waals surface area contributed by atoms with Crippen LogP contribution in [0.4, 0.5) is 4.79 Å². The molecule has 0 unspecified atom stereocenters. The Kier molecular flexibility index (Phi) is 5.78. The average molecular weight is 181 g/mol. The molecule has 5 heteroatoms. The van der Waals surface area contributed by atoms with Crippen LogP contribution >= 0.6 is 0 Å². The molecule has 70 valence electrons. The molecule has 0 aromatic heterocycles. The van der Waals surface area contributed by atoms with E-state index in [1.54, 1.807) is 0 Å². The van der Waals surface area contributed by atoms with Gasteiger partial charge in [-0.25, -0.2) is 4.79 Å². The third-order valence-corrected chi connectivity index (χ3v) is 1.11. The summed E-state index contributed by atoms with van der Waals surface area (Å²) in [6.07, 6.45) is 0. The summed E-state index contributed by atoms with van der Waals surface area (Å²) in [6, 6.07) is 11.1. The maximum Gasteiger partial charge on any atom is 0.337 e. The fourth-order valence-corrected chi connectivity index (χ4v) is 0.425. The van der Waals surface area contributed by atoms with Crippen LogP contribution < -0.4 is 5.73 Å².